The van der Waals surface area contributed by atoms with E-state index in [0.717, 1.165) is 0 Å². The lowest BCUT2D eigenvalue weighted by molar-refractivity contribution is -0.386. The molecule has 0 aliphatic heterocycles. The predicted molar refractivity (Wildman–Crippen MR) is 62.0 cm³/mol. The van der Waals surface area contributed by atoms with Crippen molar-refractivity contribution in [1.82, 2.24) is 4.98 Å². The van der Waals surface area contributed by atoms with Crippen LogP contribution in [0.4, 0.5) is 5.69 Å². The molecule has 0 atom stereocenters. The first-order valence-corrected chi connectivity index (χ1v) is 4.89. The number of H-pyrrole nitrogens is 1. The van der Waals surface area contributed by atoms with E-state index in [4.69, 9.17) is 0 Å². The largest absolute Gasteiger partial charge is 0.468 e. The number of hydrogen-bond donors (Lipinski definition) is 1. The molecule has 94 valence electrons. The number of hydrogen-bond acceptors (Lipinski definition) is 5. The third kappa shape index (κ3) is 2.95. The van der Waals surface area contributed by atoms with Crippen molar-refractivity contribution in [3.05, 3.63) is 37.8 Å². The molecule has 0 amide bonds. The molecule has 1 rings (SSSR count). The lowest BCUT2D eigenvalue weighted by Crippen LogP contribution is -2.13. The number of nitrogens with one attached hydrogen (secondary N) is 1. The monoisotopic (exact) mass is 250 g/mol. The molecule has 0 saturated heterocycles. The van der Waals surface area contributed by atoms with Gasteiger partial charge in [0, 0.05) is 11.8 Å². The molecule has 0 bridgehead atoms. The van der Waals surface area contributed by atoms with Crippen molar-refractivity contribution in [2.75, 3.05) is 7.11 Å². The normalized spacial score (nSPS) is 9.22. The second kappa shape index (κ2) is 5.63. The van der Waals surface area contributed by atoms with Crippen LogP contribution in [0.5, 0.6) is 0 Å². The average Bonchev–Trinajstić information content (AvgIpc) is 2.31. The highest BCUT2D eigenvalue weighted by Gasteiger charge is 2.18. The van der Waals surface area contributed by atoms with Gasteiger partial charge in [0.05, 0.1) is 17.6 Å². The van der Waals surface area contributed by atoms with Crippen molar-refractivity contribution in [2.24, 2.45) is 0 Å². The molecule has 1 aromatic heterocycles. The fourth-order valence-electron chi connectivity index (χ4n) is 1.25. The van der Waals surface area contributed by atoms with Crippen molar-refractivity contribution in [3.8, 4) is 11.8 Å². The fourth-order valence-corrected chi connectivity index (χ4v) is 1.25. The molecule has 0 spiro atoms. The van der Waals surface area contributed by atoms with Gasteiger partial charge in [-0.25, -0.2) is 0 Å². The molecule has 1 heterocycles. The quantitative estimate of drug-likeness (QED) is 0.356. The van der Waals surface area contributed by atoms with Gasteiger partial charge in [-0.05, 0) is 6.92 Å². The molecular formula is C11H10N2O5. The summed E-state index contributed by atoms with van der Waals surface area (Å²) in [6.45, 7) is 1.43. The minimum Gasteiger partial charge on any atom is -0.468 e. The first-order chi connectivity index (χ1) is 8.47. The Hall–Kier alpha value is -2.62. The number of carbonyl (C=O) groups is 1. The predicted octanol–water partition coefficient (Wildman–Crippen LogP) is 0.506. The van der Waals surface area contributed by atoms with Gasteiger partial charge in [-0.15, -0.1) is 0 Å². The third-order valence-corrected chi connectivity index (χ3v) is 2.19. The van der Waals surface area contributed by atoms with Crippen LogP contribution >= 0.6 is 0 Å². The Bertz CT molecular complexity index is 606. The van der Waals surface area contributed by atoms with Gasteiger partial charge in [-0.1, -0.05) is 11.8 Å². The number of nitrogens with zero attached hydrogens (tertiary/aromatic N) is 1. The van der Waals surface area contributed by atoms with Gasteiger partial charge in [0.2, 0.25) is 0 Å². The van der Waals surface area contributed by atoms with Crippen LogP contribution in [0, 0.1) is 28.9 Å². The van der Waals surface area contributed by atoms with E-state index in [1.807, 2.05) is 0 Å². The maximum Gasteiger partial charge on any atom is 0.337 e. The zero-order chi connectivity index (χ0) is 13.7. The lowest BCUT2D eigenvalue weighted by atomic mass is 10.1. The molecule has 7 nitrogen and oxygen atoms in total. The maximum absolute atomic E-state index is 11.2. The number of ether oxygens (including phenoxy) is 1. The summed E-state index contributed by atoms with van der Waals surface area (Å²) in [5, 5.41) is 10.7. The van der Waals surface area contributed by atoms with Crippen molar-refractivity contribution in [3.63, 3.8) is 0 Å². The van der Waals surface area contributed by atoms with E-state index in [2.05, 4.69) is 21.6 Å². The molecule has 0 aliphatic carbocycles. The molecular weight excluding hydrogens is 240 g/mol. The summed E-state index contributed by atoms with van der Waals surface area (Å²) >= 11 is 0. The van der Waals surface area contributed by atoms with Crippen molar-refractivity contribution in [2.45, 2.75) is 13.3 Å². The Morgan fingerprint density at radius 1 is 1.61 bits per heavy atom. The molecule has 0 unspecified atom stereocenters. The Kier molecular flexibility index (Phi) is 4.21. The van der Waals surface area contributed by atoms with Gasteiger partial charge in [-0.2, -0.15) is 0 Å². The molecule has 0 aromatic carbocycles. The van der Waals surface area contributed by atoms with E-state index in [1.165, 1.54) is 20.2 Å². The minimum atomic E-state index is -0.781. The fraction of sp³-hybridized carbons (Fsp3) is 0.273. The standard InChI is InChI=1S/C11H10N2O5/c1-7-8(4-3-5-9(14)18-2)6-12-11(15)10(7)13(16)17/h6H,5H2,1-2H3,(H,12,15). The molecule has 0 saturated carbocycles. The van der Waals surface area contributed by atoms with Crippen LogP contribution in [0.1, 0.15) is 17.5 Å². The zero-order valence-corrected chi connectivity index (χ0v) is 9.77. The van der Waals surface area contributed by atoms with Gasteiger partial charge in [0.15, 0.2) is 0 Å². The topological polar surface area (TPSA) is 102 Å². The van der Waals surface area contributed by atoms with Gasteiger partial charge in [0.1, 0.15) is 6.42 Å². The van der Waals surface area contributed by atoms with E-state index in [9.17, 15) is 19.7 Å². The van der Waals surface area contributed by atoms with E-state index in [1.54, 1.807) is 0 Å². The van der Waals surface area contributed by atoms with Gasteiger partial charge in [0.25, 0.3) is 0 Å². The highest BCUT2D eigenvalue weighted by molar-refractivity contribution is 5.72. The van der Waals surface area contributed by atoms with Gasteiger partial charge < -0.3 is 9.72 Å². The summed E-state index contributed by atoms with van der Waals surface area (Å²) in [6, 6.07) is 0. The number of nitro groups is 1. The average molecular weight is 250 g/mol. The number of aromatic amines is 1. The highest BCUT2D eigenvalue weighted by Crippen LogP contribution is 2.14. The van der Waals surface area contributed by atoms with E-state index < -0.39 is 22.1 Å². The Labute approximate surface area is 102 Å². The van der Waals surface area contributed by atoms with Gasteiger partial charge >= 0.3 is 17.2 Å². The molecule has 0 radical (unpaired) electrons. The second-order valence-electron chi connectivity index (χ2n) is 3.32. The van der Waals surface area contributed by atoms with Crippen LogP contribution < -0.4 is 5.56 Å². The molecule has 0 fully saturated rings. The second-order valence-corrected chi connectivity index (χ2v) is 3.32. The summed E-state index contributed by atoms with van der Waals surface area (Å²) in [7, 11) is 1.24. The van der Waals surface area contributed by atoms with Crippen LogP contribution in [0.15, 0.2) is 11.0 Å². The van der Waals surface area contributed by atoms with Crippen LogP contribution in [0.2, 0.25) is 0 Å². The Morgan fingerprint density at radius 3 is 2.83 bits per heavy atom. The first-order valence-electron chi connectivity index (χ1n) is 4.89. The number of rotatable bonds is 2. The first kappa shape index (κ1) is 13.4. The summed E-state index contributed by atoms with van der Waals surface area (Å²) in [6.07, 6.45) is 1.15. The SMILES string of the molecule is COC(=O)CC#Cc1c[nH]c(=O)c([N+](=O)[O-])c1C. The summed E-state index contributed by atoms with van der Waals surface area (Å²) in [5.74, 6) is 4.58. The Balaban J connectivity index is 3.13. The molecule has 0 aliphatic rings. The number of esters is 1. The van der Waals surface area contributed by atoms with Crippen LogP contribution in [0.3, 0.4) is 0 Å². The molecule has 7 heteroatoms. The minimum absolute atomic E-state index is 0.122. The summed E-state index contributed by atoms with van der Waals surface area (Å²) in [5.41, 5.74) is -0.859. The van der Waals surface area contributed by atoms with Crippen molar-refractivity contribution >= 4 is 11.7 Å². The van der Waals surface area contributed by atoms with E-state index in [0.29, 0.717) is 5.56 Å². The summed E-state index contributed by atoms with van der Waals surface area (Å²) < 4.78 is 4.39. The summed E-state index contributed by atoms with van der Waals surface area (Å²) in [4.78, 5) is 34.2. The number of aromatic nitrogens is 1. The number of methoxy groups -OCH3 is 1. The maximum atomic E-state index is 11.2. The molecule has 1 N–H and O–H groups in total. The molecule has 18 heavy (non-hydrogen) atoms. The number of pyridine rings is 1. The zero-order valence-electron chi connectivity index (χ0n) is 9.77. The highest BCUT2D eigenvalue weighted by atomic mass is 16.6. The number of carbonyl (C=O) groups excluding carboxylic acids is 1. The van der Waals surface area contributed by atoms with Crippen LogP contribution in [0.25, 0.3) is 0 Å². The van der Waals surface area contributed by atoms with Gasteiger partial charge in [-0.3, -0.25) is 19.7 Å². The van der Waals surface area contributed by atoms with E-state index >= 15 is 0 Å². The van der Waals surface area contributed by atoms with Crippen molar-refractivity contribution in [1.29, 1.82) is 0 Å². The van der Waals surface area contributed by atoms with Crippen LogP contribution in [-0.4, -0.2) is 23.0 Å². The molecule has 1 aromatic rings. The van der Waals surface area contributed by atoms with E-state index in [-0.39, 0.29) is 12.0 Å². The third-order valence-electron chi connectivity index (χ3n) is 2.19. The smallest absolute Gasteiger partial charge is 0.337 e. The Morgan fingerprint density at radius 2 is 2.28 bits per heavy atom. The van der Waals surface area contributed by atoms with Crippen molar-refractivity contribution < 1.29 is 14.5 Å². The van der Waals surface area contributed by atoms with Crippen LogP contribution in [-0.2, 0) is 9.53 Å². The lowest BCUT2D eigenvalue weighted by Gasteiger charge is -1.98.